The molecule has 124 valence electrons. The molecule has 2 aromatic heterocycles. The highest BCUT2D eigenvalue weighted by Crippen LogP contribution is 2.28. The van der Waals surface area contributed by atoms with Gasteiger partial charge in [-0.3, -0.25) is 9.59 Å². The van der Waals surface area contributed by atoms with Gasteiger partial charge < -0.3 is 15.0 Å². The molecule has 1 fully saturated rings. The molecule has 0 spiro atoms. The maximum absolute atomic E-state index is 12.6. The summed E-state index contributed by atoms with van der Waals surface area (Å²) >= 11 is 1.27. The highest BCUT2D eigenvalue weighted by atomic mass is 32.1. The lowest BCUT2D eigenvalue weighted by molar-refractivity contribution is 0.0917. The van der Waals surface area contributed by atoms with Gasteiger partial charge in [0.1, 0.15) is 4.83 Å². The number of aryl methyl sites for hydroxylation is 2. The normalized spacial score (nSPS) is 21.5. The van der Waals surface area contributed by atoms with Gasteiger partial charge in [-0.15, -0.1) is 11.3 Å². The van der Waals surface area contributed by atoms with E-state index in [0.29, 0.717) is 26.6 Å². The molecule has 0 radical (unpaired) electrons. The molecule has 7 heteroatoms. The lowest BCUT2D eigenvalue weighted by atomic mass is 9.86. The number of fused-ring (bicyclic) bond motifs is 1. The van der Waals surface area contributed by atoms with Gasteiger partial charge in [0.2, 0.25) is 0 Å². The third kappa shape index (κ3) is 3.03. The van der Waals surface area contributed by atoms with Crippen molar-refractivity contribution in [3.63, 3.8) is 0 Å². The molecular weight excluding hydrogens is 314 g/mol. The zero-order valence-corrected chi connectivity index (χ0v) is 14.2. The zero-order valence-electron chi connectivity index (χ0n) is 13.3. The molecule has 2 heterocycles. The van der Waals surface area contributed by atoms with E-state index < -0.39 is 0 Å². The topological polar surface area (TPSA) is 84.2 Å². The van der Waals surface area contributed by atoms with Crippen molar-refractivity contribution < 1.29 is 9.90 Å². The van der Waals surface area contributed by atoms with Crippen LogP contribution in [0.5, 0.6) is 0 Å². The van der Waals surface area contributed by atoms with Gasteiger partial charge in [-0.2, -0.15) is 0 Å². The summed E-state index contributed by atoms with van der Waals surface area (Å²) in [5, 5.41) is 12.8. The van der Waals surface area contributed by atoms with Crippen LogP contribution in [0.25, 0.3) is 10.2 Å². The SMILES string of the molecule is Cc1c(C(=O)NC2CCC(CO)CC2)sc2ncn(C)c(=O)c12. The predicted molar refractivity (Wildman–Crippen MR) is 89.9 cm³/mol. The Morgan fingerprint density at radius 3 is 2.78 bits per heavy atom. The fourth-order valence-corrected chi connectivity index (χ4v) is 4.21. The number of aromatic nitrogens is 2. The van der Waals surface area contributed by atoms with Gasteiger partial charge in [-0.25, -0.2) is 4.98 Å². The molecule has 2 aromatic rings. The summed E-state index contributed by atoms with van der Waals surface area (Å²) < 4.78 is 1.43. The minimum atomic E-state index is -0.125. The molecule has 6 nitrogen and oxygen atoms in total. The molecule has 0 unspecified atom stereocenters. The Balaban J connectivity index is 1.81. The first kappa shape index (κ1) is 16.1. The third-order valence-electron chi connectivity index (χ3n) is 4.66. The predicted octanol–water partition coefficient (Wildman–Crippen LogP) is 1.58. The number of nitrogens with zero attached hydrogens (tertiary/aromatic N) is 2. The molecule has 23 heavy (non-hydrogen) atoms. The highest BCUT2D eigenvalue weighted by molar-refractivity contribution is 7.20. The summed E-state index contributed by atoms with van der Waals surface area (Å²) in [7, 11) is 1.66. The van der Waals surface area contributed by atoms with Gasteiger partial charge in [0.25, 0.3) is 11.5 Å². The average Bonchev–Trinajstić information content (AvgIpc) is 2.89. The monoisotopic (exact) mass is 335 g/mol. The van der Waals surface area contributed by atoms with Gasteiger partial charge in [-0.05, 0) is 44.1 Å². The van der Waals surface area contributed by atoms with Crippen molar-refractivity contribution in [3.8, 4) is 0 Å². The molecule has 0 bridgehead atoms. The van der Waals surface area contributed by atoms with Crippen LogP contribution in [0.2, 0.25) is 0 Å². The van der Waals surface area contributed by atoms with Crippen LogP contribution in [-0.2, 0) is 7.05 Å². The number of amides is 1. The van der Waals surface area contributed by atoms with Gasteiger partial charge >= 0.3 is 0 Å². The molecule has 3 rings (SSSR count). The first-order chi connectivity index (χ1) is 11.0. The van der Waals surface area contributed by atoms with E-state index in [1.807, 2.05) is 0 Å². The minimum absolute atomic E-state index is 0.119. The third-order valence-corrected chi connectivity index (χ3v) is 5.86. The molecule has 1 amide bonds. The molecule has 1 saturated carbocycles. The Labute approximate surface area is 138 Å². The quantitative estimate of drug-likeness (QED) is 0.892. The number of hydrogen-bond donors (Lipinski definition) is 2. The Bertz CT molecular complexity index is 788. The number of carbonyl (C=O) groups is 1. The van der Waals surface area contributed by atoms with E-state index in [-0.39, 0.29) is 24.1 Å². The zero-order chi connectivity index (χ0) is 16.6. The van der Waals surface area contributed by atoms with E-state index in [9.17, 15) is 14.7 Å². The van der Waals surface area contributed by atoms with Gasteiger partial charge in [0.15, 0.2) is 0 Å². The Kier molecular flexibility index (Phi) is 4.50. The van der Waals surface area contributed by atoms with Crippen molar-refractivity contribution in [2.45, 2.75) is 38.6 Å². The maximum Gasteiger partial charge on any atom is 0.262 e. The van der Waals surface area contributed by atoms with Crippen LogP contribution in [0, 0.1) is 12.8 Å². The summed E-state index contributed by atoms with van der Waals surface area (Å²) in [6, 6.07) is 0.144. The Morgan fingerprint density at radius 1 is 1.43 bits per heavy atom. The molecule has 1 aliphatic rings. The van der Waals surface area contributed by atoms with E-state index in [1.54, 1.807) is 14.0 Å². The number of aliphatic hydroxyl groups excluding tert-OH is 1. The van der Waals surface area contributed by atoms with Crippen LogP contribution in [-0.4, -0.2) is 33.2 Å². The molecule has 2 N–H and O–H groups in total. The second-order valence-corrected chi connectivity index (χ2v) is 7.27. The van der Waals surface area contributed by atoms with Crippen LogP contribution >= 0.6 is 11.3 Å². The highest BCUT2D eigenvalue weighted by Gasteiger charge is 2.24. The molecular formula is C16H21N3O3S. The van der Waals surface area contributed by atoms with Crippen LogP contribution < -0.4 is 10.9 Å². The summed E-state index contributed by atoms with van der Waals surface area (Å²) in [4.78, 5) is 30.2. The van der Waals surface area contributed by atoms with E-state index in [1.165, 1.54) is 22.2 Å². The number of thiophene rings is 1. The Hall–Kier alpha value is -1.73. The fraction of sp³-hybridized carbons (Fsp3) is 0.562. The van der Waals surface area contributed by atoms with Crippen molar-refractivity contribution >= 4 is 27.5 Å². The van der Waals surface area contributed by atoms with Crippen molar-refractivity contribution in [2.75, 3.05) is 6.61 Å². The first-order valence-corrected chi connectivity index (χ1v) is 8.69. The van der Waals surface area contributed by atoms with Crippen molar-refractivity contribution in [1.29, 1.82) is 0 Å². The molecule has 1 aliphatic carbocycles. The van der Waals surface area contributed by atoms with Crippen molar-refractivity contribution in [1.82, 2.24) is 14.9 Å². The summed E-state index contributed by atoms with van der Waals surface area (Å²) in [6.07, 6.45) is 5.14. The summed E-state index contributed by atoms with van der Waals surface area (Å²) in [5.41, 5.74) is 0.589. The lowest BCUT2D eigenvalue weighted by Crippen LogP contribution is -2.38. The van der Waals surface area contributed by atoms with Crippen LogP contribution in [0.1, 0.15) is 40.9 Å². The van der Waals surface area contributed by atoms with Crippen molar-refractivity contribution in [3.05, 3.63) is 27.1 Å². The van der Waals surface area contributed by atoms with E-state index >= 15 is 0 Å². The minimum Gasteiger partial charge on any atom is -0.396 e. The second kappa shape index (κ2) is 6.41. The number of hydrogen-bond acceptors (Lipinski definition) is 5. The number of nitrogens with one attached hydrogen (secondary N) is 1. The van der Waals surface area contributed by atoms with Gasteiger partial charge in [0, 0.05) is 19.7 Å². The second-order valence-electron chi connectivity index (χ2n) is 6.27. The van der Waals surface area contributed by atoms with Crippen LogP contribution in [0.4, 0.5) is 0 Å². The lowest BCUT2D eigenvalue weighted by Gasteiger charge is -2.27. The number of aliphatic hydroxyl groups is 1. The average molecular weight is 335 g/mol. The fourth-order valence-electron chi connectivity index (χ4n) is 3.17. The number of rotatable bonds is 3. The van der Waals surface area contributed by atoms with Crippen molar-refractivity contribution in [2.24, 2.45) is 13.0 Å². The van der Waals surface area contributed by atoms with Gasteiger partial charge in [-0.1, -0.05) is 0 Å². The van der Waals surface area contributed by atoms with E-state index in [2.05, 4.69) is 10.3 Å². The van der Waals surface area contributed by atoms with E-state index in [4.69, 9.17) is 0 Å². The molecule has 0 atom stereocenters. The first-order valence-electron chi connectivity index (χ1n) is 7.87. The number of carbonyl (C=O) groups excluding carboxylic acids is 1. The maximum atomic E-state index is 12.6. The van der Waals surface area contributed by atoms with Crippen LogP contribution in [0.15, 0.2) is 11.1 Å². The largest absolute Gasteiger partial charge is 0.396 e. The van der Waals surface area contributed by atoms with E-state index in [0.717, 1.165) is 25.7 Å². The van der Waals surface area contributed by atoms with Gasteiger partial charge in [0.05, 0.1) is 16.6 Å². The Morgan fingerprint density at radius 2 is 2.13 bits per heavy atom. The van der Waals surface area contributed by atoms with Crippen LogP contribution in [0.3, 0.4) is 0 Å². The summed E-state index contributed by atoms with van der Waals surface area (Å²) in [5.74, 6) is 0.237. The summed E-state index contributed by atoms with van der Waals surface area (Å²) in [6.45, 7) is 2.03. The molecule has 0 aromatic carbocycles. The molecule has 0 aliphatic heterocycles. The molecule has 0 saturated heterocycles. The smallest absolute Gasteiger partial charge is 0.262 e. The standard InChI is InChI=1S/C16H21N3O3S/c1-9-12-15(17-8-19(2)16(12)22)23-13(9)14(21)18-11-5-3-10(7-20)4-6-11/h8,10-11,20H,3-7H2,1-2H3,(H,18,21).